The number of aromatic amines is 1. The lowest BCUT2D eigenvalue weighted by Crippen LogP contribution is -1.78. The predicted molar refractivity (Wildman–Crippen MR) is 63.4 cm³/mol. The maximum atomic E-state index is 9.73. The lowest BCUT2D eigenvalue weighted by Gasteiger charge is -1.98. The van der Waals surface area contributed by atoms with Crippen LogP contribution in [0.25, 0.3) is 22.5 Å². The third-order valence-electron chi connectivity index (χ3n) is 2.59. The summed E-state index contributed by atoms with van der Waals surface area (Å²) in [6.07, 6.45) is 3.25. The van der Waals surface area contributed by atoms with Gasteiger partial charge in [0.05, 0.1) is 23.9 Å². The van der Waals surface area contributed by atoms with Crippen LogP contribution in [-0.2, 0) is 0 Å². The normalized spacial score (nSPS) is 10.6. The molecule has 0 atom stereocenters. The van der Waals surface area contributed by atoms with Crippen LogP contribution in [0.15, 0.2) is 53.3 Å². The molecule has 0 fully saturated rings. The molecule has 0 radical (unpaired) electrons. The molecule has 1 aromatic carbocycles. The van der Waals surface area contributed by atoms with Crippen molar-refractivity contribution < 1.29 is 9.52 Å². The van der Waals surface area contributed by atoms with Gasteiger partial charge in [0, 0.05) is 11.1 Å². The van der Waals surface area contributed by atoms with Gasteiger partial charge in [0.1, 0.15) is 5.75 Å². The maximum Gasteiger partial charge on any atom is 0.125 e. The standard InChI is InChI=1S/C13H10N2O2/c16-13-4-2-1-3-10(13)12-7-11(14-15-12)9-5-6-17-8-9/h1-8,16H,(H,14,15). The van der Waals surface area contributed by atoms with Gasteiger partial charge in [-0.3, -0.25) is 5.10 Å². The molecule has 84 valence electrons. The highest BCUT2D eigenvalue weighted by molar-refractivity contribution is 5.71. The molecular formula is C13H10N2O2. The number of benzene rings is 1. The van der Waals surface area contributed by atoms with Crippen molar-refractivity contribution in [2.75, 3.05) is 0 Å². The van der Waals surface area contributed by atoms with Gasteiger partial charge in [0.15, 0.2) is 0 Å². The summed E-state index contributed by atoms with van der Waals surface area (Å²) in [4.78, 5) is 0. The Morgan fingerprint density at radius 2 is 2.06 bits per heavy atom. The summed E-state index contributed by atoms with van der Waals surface area (Å²) in [6.45, 7) is 0. The molecule has 0 saturated carbocycles. The number of aromatic nitrogens is 2. The fourth-order valence-electron chi connectivity index (χ4n) is 1.72. The van der Waals surface area contributed by atoms with Crippen LogP contribution in [0.3, 0.4) is 0 Å². The lowest BCUT2D eigenvalue weighted by molar-refractivity contribution is 0.477. The van der Waals surface area contributed by atoms with Gasteiger partial charge in [0.25, 0.3) is 0 Å². The Balaban J connectivity index is 2.04. The number of nitrogens with one attached hydrogen (secondary N) is 1. The fraction of sp³-hybridized carbons (Fsp3) is 0. The van der Waals surface area contributed by atoms with E-state index in [0.717, 1.165) is 11.3 Å². The molecule has 0 saturated heterocycles. The van der Waals surface area contributed by atoms with Crippen molar-refractivity contribution in [3.8, 4) is 28.3 Å². The molecule has 17 heavy (non-hydrogen) atoms. The molecule has 2 heterocycles. The van der Waals surface area contributed by atoms with E-state index >= 15 is 0 Å². The number of phenols is 1. The van der Waals surface area contributed by atoms with Gasteiger partial charge in [-0.2, -0.15) is 5.10 Å². The Kier molecular flexibility index (Phi) is 2.19. The average molecular weight is 226 g/mol. The fourth-order valence-corrected chi connectivity index (χ4v) is 1.72. The Morgan fingerprint density at radius 3 is 2.82 bits per heavy atom. The Hall–Kier alpha value is -2.49. The van der Waals surface area contributed by atoms with Gasteiger partial charge in [-0.25, -0.2) is 0 Å². The number of nitrogens with zero attached hydrogens (tertiary/aromatic N) is 1. The lowest BCUT2D eigenvalue weighted by atomic mass is 10.1. The first-order chi connectivity index (χ1) is 8.34. The van der Waals surface area contributed by atoms with Crippen molar-refractivity contribution in [1.29, 1.82) is 0 Å². The van der Waals surface area contributed by atoms with Crippen LogP contribution in [-0.4, -0.2) is 15.3 Å². The van der Waals surface area contributed by atoms with E-state index in [1.165, 1.54) is 0 Å². The first kappa shape index (κ1) is 9.72. The van der Waals surface area contributed by atoms with Gasteiger partial charge in [-0.05, 0) is 24.3 Å². The van der Waals surface area contributed by atoms with Gasteiger partial charge in [-0.15, -0.1) is 0 Å². The first-order valence-electron chi connectivity index (χ1n) is 5.21. The molecule has 0 spiro atoms. The quantitative estimate of drug-likeness (QED) is 0.706. The van der Waals surface area contributed by atoms with Gasteiger partial charge in [-0.1, -0.05) is 12.1 Å². The minimum absolute atomic E-state index is 0.220. The van der Waals surface area contributed by atoms with E-state index in [2.05, 4.69) is 10.2 Å². The second kappa shape index (κ2) is 3.83. The van der Waals surface area contributed by atoms with Crippen LogP contribution >= 0.6 is 0 Å². The topological polar surface area (TPSA) is 62.1 Å². The zero-order chi connectivity index (χ0) is 11.7. The van der Waals surface area contributed by atoms with Crippen LogP contribution < -0.4 is 0 Å². The SMILES string of the molecule is Oc1ccccc1-c1cc(-c2ccoc2)[nH]n1. The highest BCUT2D eigenvalue weighted by Gasteiger charge is 2.09. The minimum Gasteiger partial charge on any atom is -0.507 e. The number of phenolic OH excluding ortho intramolecular Hbond substituents is 1. The number of rotatable bonds is 2. The summed E-state index contributed by atoms with van der Waals surface area (Å²) in [5.74, 6) is 0.220. The second-order valence-corrected chi connectivity index (χ2v) is 3.70. The Bertz CT molecular complexity index is 626. The maximum absolute atomic E-state index is 9.73. The van der Waals surface area contributed by atoms with Crippen LogP contribution in [0, 0.1) is 0 Å². The average Bonchev–Trinajstić information content (AvgIpc) is 3.00. The molecule has 0 bridgehead atoms. The van der Waals surface area contributed by atoms with Crippen LogP contribution in [0.2, 0.25) is 0 Å². The van der Waals surface area contributed by atoms with E-state index in [-0.39, 0.29) is 5.75 Å². The molecule has 4 heteroatoms. The van der Waals surface area contributed by atoms with Crippen LogP contribution in [0.1, 0.15) is 0 Å². The zero-order valence-corrected chi connectivity index (χ0v) is 8.92. The third kappa shape index (κ3) is 1.69. The molecule has 3 aromatic rings. The number of hydrogen-bond donors (Lipinski definition) is 2. The van der Waals surface area contributed by atoms with Crippen LogP contribution in [0.5, 0.6) is 5.75 Å². The van der Waals surface area contributed by atoms with Crippen LogP contribution in [0.4, 0.5) is 0 Å². The molecule has 0 aliphatic rings. The summed E-state index contributed by atoms with van der Waals surface area (Å²) in [5, 5.41) is 16.8. The number of aromatic hydroxyl groups is 1. The highest BCUT2D eigenvalue weighted by atomic mass is 16.3. The van der Waals surface area contributed by atoms with E-state index < -0.39 is 0 Å². The molecule has 4 nitrogen and oxygen atoms in total. The van der Waals surface area contributed by atoms with Crippen molar-refractivity contribution in [3.63, 3.8) is 0 Å². The molecule has 2 N–H and O–H groups in total. The third-order valence-corrected chi connectivity index (χ3v) is 2.59. The molecule has 0 aliphatic heterocycles. The van der Waals surface area contributed by atoms with Crippen molar-refractivity contribution in [2.45, 2.75) is 0 Å². The molecule has 3 rings (SSSR count). The Morgan fingerprint density at radius 1 is 1.18 bits per heavy atom. The Labute approximate surface area is 97.5 Å². The van der Waals surface area contributed by atoms with Crippen molar-refractivity contribution in [1.82, 2.24) is 10.2 Å². The van der Waals surface area contributed by atoms with E-state index in [4.69, 9.17) is 4.42 Å². The van der Waals surface area contributed by atoms with E-state index in [9.17, 15) is 5.11 Å². The summed E-state index contributed by atoms with van der Waals surface area (Å²) < 4.78 is 5.01. The van der Waals surface area contributed by atoms with Crippen molar-refractivity contribution in [2.24, 2.45) is 0 Å². The first-order valence-corrected chi connectivity index (χ1v) is 5.21. The van der Waals surface area contributed by atoms with E-state index in [1.807, 2.05) is 24.3 Å². The van der Waals surface area contributed by atoms with Gasteiger partial charge >= 0.3 is 0 Å². The molecule has 2 aromatic heterocycles. The number of furan rings is 1. The van der Waals surface area contributed by atoms with Gasteiger partial charge < -0.3 is 9.52 Å². The summed E-state index contributed by atoms with van der Waals surface area (Å²) in [5.41, 5.74) is 3.20. The highest BCUT2D eigenvalue weighted by Crippen LogP contribution is 2.29. The summed E-state index contributed by atoms with van der Waals surface area (Å²) >= 11 is 0. The van der Waals surface area contributed by atoms with E-state index in [1.54, 1.807) is 24.7 Å². The second-order valence-electron chi connectivity index (χ2n) is 3.70. The van der Waals surface area contributed by atoms with Crippen molar-refractivity contribution >= 4 is 0 Å². The molecular weight excluding hydrogens is 216 g/mol. The number of H-pyrrole nitrogens is 1. The zero-order valence-electron chi connectivity index (χ0n) is 8.92. The molecule has 0 unspecified atom stereocenters. The van der Waals surface area contributed by atoms with Crippen molar-refractivity contribution in [3.05, 3.63) is 48.9 Å². The number of hydrogen-bond acceptors (Lipinski definition) is 3. The van der Waals surface area contributed by atoms with Gasteiger partial charge in [0.2, 0.25) is 0 Å². The smallest absolute Gasteiger partial charge is 0.125 e. The predicted octanol–water partition coefficient (Wildman–Crippen LogP) is 3.04. The molecule has 0 amide bonds. The summed E-state index contributed by atoms with van der Waals surface area (Å²) in [6, 6.07) is 10.8. The summed E-state index contributed by atoms with van der Waals surface area (Å²) in [7, 11) is 0. The number of para-hydroxylation sites is 1. The largest absolute Gasteiger partial charge is 0.507 e. The van der Waals surface area contributed by atoms with E-state index in [0.29, 0.717) is 11.3 Å². The monoisotopic (exact) mass is 226 g/mol. The molecule has 0 aliphatic carbocycles. The minimum atomic E-state index is 0.220.